The van der Waals surface area contributed by atoms with E-state index in [9.17, 15) is 18.0 Å². The monoisotopic (exact) mass is 591 g/mol. The molecule has 0 N–H and O–H groups in total. The fourth-order valence-corrected chi connectivity index (χ4v) is 5.95. The van der Waals surface area contributed by atoms with Gasteiger partial charge in [-0.15, -0.1) is 18.3 Å². The quantitative estimate of drug-likeness (QED) is 0.192. The van der Waals surface area contributed by atoms with Crippen LogP contribution in [0.1, 0.15) is 22.3 Å². The average molecular weight is 592 g/mol. The number of ether oxygens (including phenoxy) is 2. The molecule has 0 saturated carbocycles. The van der Waals surface area contributed by atoms with E-state index in [1.54, 1.807) is 35.0 Å². The smallest absolute Gasteiger partial charge is 0.488 e. The van der Waals surface area contributed by atoms with Crippen LogP contribution in [0.2, 0.25) is 0 Å². The molecule has 4 aromatic rings. The fourth-order valence-electron chi connectivity index (χ4n) is 5.14. The summed E-state index contributed by atoms with van der Waals surface area (Å²) in [4.78, 5) is 14.3. The zero-order valence-electron chi connectivity index (χ0n) is 22.8. The Morgan fingerprint density at radius 3 is 2.52 bits per heavy atom. The number of amides is 1. The maximum absolute atomic E-state index is 12.7. The first-order valence-corrected chi connectivity index (χ1v) is 13.9. The van der Waals surface area contributed by atoms with Gasteiger partial charge in [-0.25, -0.2) is 0 Å². The summed E-state index contributed by atoms with van der Waals surface area (Å²) in [5.74, 6) is 0.596. The molecule has 0 unspecified atom stereocenters. The van der Waals surface area contributed by atoms with Crippen molar-refractivity contribution in [3.8, 4) is 34.0 Å². The molecule has 42 heavy (non-hydrogen) atoms. The highest BCUT2D eigenvalue weighted by Gasteiger charge is 2.33. The molecule has 214 valence electrons. The van der Waals surface area contributed by atoms with Crippen LogP contribution in [0.5, 0.6) is 11.5 Å². The molecule has 3 aromatic carbocycles. The normalized spacial score (nSPS) is 15.7. The van der Waals surface area contributed by atoms with E-state index in [4.69, 9.17) is 4.74 Å². The van der Waals surface area contributed by atoms with Crippen molar-refractivity contribution >= 4 is 34.7 Å². The summed E-state index contributed by atoms with van der Waals surface area (Å²) in [6.45, 7) is 4.16. The standard InChI is InChI=1S/C30H24F3N5O3S/c1-17-5-4-6-18(2)27(17)38-25(39)16-42-29(38)35-34-14-19-7-12-22-24(13-19)40-15-23-26(22)36-37(3)28(23)20-8-10-21(11-9-20)41-30(31,32)33/h4-14H,15-16H2,1-3H3. The number of nitrogens with zero attached hydrogens (tertiary/aromatic N) is 5. The van der Waals surface area contributed by atoms with Crippen molar-refractivity contribution in [2.45, 2.75) is 26.8 Å². The highest BCUT2D eigenvalue weighted by atomic mass is 32.2. The summed E-state index contributed by atoms with van der Waals surface area (Å²) in [5, 5.41) is 13.8. The van der Waals surface area contributed by atoms with Crippen LogP contribution in [-0.2, 0) is 18.4 Å². The van der Waals surface area contributed by atoms with Crippen molar-refractivity contribution in [3.63, 3.8) is 0 Å². The molecule has 8 nitrogen and oxygen atoms in total. The molecule has 1 saturated heterocycles. The number of fused-ring (bicyclic) bond motifs is 3. The minimum Gasteiger partial charge on any atom is -0.488 e. The Morgan fingerprint density at radius 1 is 1.07 bits per heavy atom. The van der Waals surface area contributed by atoms with Gasteiger partial charge in [0, 0.05) is 23.7 Å². The van der Waals surface area contributed by atoms with Gasteiger partial charge in [-0.3, -0.25) is 14.4 Å². The molecule has 12 heteroatoms. The molecule has 6 rings (SSSR count). The van der Waals surface area contributed by atoms with Crippen molar-refractivity contribution in [3.05, 3.63) is 82.9 Å². The number of rotatable bonds is 5. The van der Waals surface area contributed by atoms with Crippen molar-refractivity contribution in [1.82, 2.24) is 9.78 Å². The molecule has 0 spiro atoms. The fraction of sp³-hybridized carbons (Fsp3) is 0.200. The van der Waals surface area contributed by atoms with Gasteiger partial charge in [0.25, 0.3) is 0 Å². The molecule has 1 amide bonds. The third-order valence-electron chi connectivity index (χ3n) is 6.92. The van der Waals surface area contributed by atoms with E-state index in [1.165, 1.54) is 23.9 Å². The predicted molar refractivity (Wildman–Crippen MR) is 156 cm³/mol. The number of amidine groups is 1. The minimum atomic E-state index is -4.75. The van der Waals surface area contributed by atoms with Gasteiger partial charge in [0.2, 0.25) is 5.91 Å². The molecule has 2 aliphatic heterocycles. The van der Waals surface area contributed by atoms with Crippen molar-refractivity contribution in [2.75, 3.05) is 10.7 Å². The second kappa shape index (κ2) is 10.7. The molecule has 2 aliphatic rings. The lowest BCUT2D eigenvalue weighted by Gasteiger charge is -2.20. The van der Waals surface area contributed by atoms with E-state index >= 15 is 0 Å². The maximum Gasteiger partial charge on any atom is 0.573 e. The van der Waals surface area contributed by atoms with E-state index in [1.807, 2.05) is 50.2 Å². The SMILES string of the molecule is Cc1cccc(C)c1N1C(=O)CSC1=NN=Cc1ccc2c(c1)OCc1c-2nn(C)c1-c1ccc(OC(F)(F)F)cc1. The number of alkyl halides is 3. The number of aromatic nitrogens is 2. The van der Waals surface area contributed by atoms with Gasteiger partial charge in [-0.1, -0.05) is 36.0 Å². The van der Waals surface area contributed by atoms with Crippen LogP contribution in [-0.4, -0.2) is 39.2 Å². The Labute approximate surface area is 243 Å². The van der Waals surface area contributed by atoms with Gasteiger partial charge in [0.05, 0.1) is 23.3 Å². The number of anilines is 1. The molecule has 0 radical (unpaired) electrons. The van der Waals surface area contributed by atoms with Gasteiger partial charge >= 0.3 is 6.36 Å². The Balaban J connectivity index is 1.24. The molecule has 3 heterocycles. The minimum absolute atomic E-state index is 0.0374. The molecule has 1 aromatic heterocycles. The predicted octanol–water partition coefficient (Wildman–Crippen LogP) is 6.63. The number of aryl methyl sites for hydroxylation is 3. The van der Waals surface area contributed by atoms with Gasteiger partial charge in [-0.2, -0.15) is 10.2 Å². The molecular formula is C30H24F3N5O3S. The number of halogens is 3. The summed E-state index contributed by atoms with van der Waals surface area (Å²) in [6, 6.07) is 17.2. The van der Waals surface area contributed by atoms with Crippen LogP contribution in [0.25, 0.3) is 22.5 Å². The lowest BCUT2D eigenvalue weighted by molar-refractivity contribution is -0.274. The first-order valence-electron chi connectivity index (χ1n) is 12.9. The van der Waals surface area contributed by atoms with Crippen LogP contribution in [0.4, 0.5) is 18.9 Å². The molecule has 0 aliphatic carbocycles. The first-order chi connectivity index (χ1) is 20.1. The van der Waals surface area contributed by atoms with E-state index in [0.29, 0.717) is 22.2 Å². The molecular weight excluding hydrogens is 567 g/mol. The Kier molecular flexibility index (Phi) is 7.01. The molecule has 1 fully saturated rings. The van der Waals surface area contributed by atoms with Crippen LogP contribution < -0.4 is 14.4 Å². The number of benzene rings is 3. The van der Waals surface area contributed by atoms with Gasteiger partial charge in [0.15, 0.2) is 5.17 Å². The lowest BCUT2D eigenvalue weighted by atomic mass is 9.98. The third kappa shape index (κ3) is 5.25. The summed E-state index contributed by atoms with van der Waals surface area (Å²) in [5.41, 5.74) is 7.34. The van der Waals surface area contributed by atoms with Gasteiger partial charge in [-0.05, 0) is 66.9 Å². The number of thioether (sulfide) groups is 1. The summed E-state index contributed by atoms with van der Waals surface area (Å²) >= 11 is 1.35. The van der Waals surface area contributed by atoms with Crippen molar-refractivity contribution in [2.24, 2.45) is 17.3 Å². The highest BCUT2D eigenvalue weighted by Crippen LogP contribution is 2.41. The third-order valence-corrected chi connectivity index (χ3v) is 7.83. The van der Waals surface area contributed by atoms with Crippen molar-refractivity contribution < 1.29 is 27.4 Å². The lowest BCUT2D eigenvalue weighted by Crippen LogP contribution is -2.30. The summed E-state index contributed by atoms with van der Waals surface area (Å²) in [7, 11) is 1.78. The van der Waals surface area contributed by atoms with E-state index in [-0.39, 0.29) is 18.3 Å². The van der Waals surface area contributed by atoms with Gasteiger partial charge in [0.1, 0.15) is 23.8 Å². The van der Waals surface area contributed by atoms with Crippen LogP contribution in [0.3, 0.4) is 0 Å². The number of carbonyl (C=O) groups is 1. The second-order valence-corrected chi connectivity index (χ2v) is 10.7. The highest BCUT2D eigenvalue weighted by molar-refractivity contribution is 8.15. The molecule has 0 atom stereocenters. The van der Waals surface area contributed by atoms with E-state index < -0.39 is 6.36 Å². The van der Waals surface area contributed by atoms with E-state index in [2.05, 4.69) is 20.0 Å². The Hall–Kier alpha value is -4.58. The van der Waals surface area contributed by atoms with Crippen LogP contribution >= 0.6 is 11.8 Å². The largest absolute Gasteiger partial charge is 0.573 e. The van der Waals surface area contributed by atoms with Crippen molar-refractivity contribution in [1.29, 1.82) is 0 Å². The molecule has 0 bridgehead atoms. The number of hydrogen-bond donors (Lipinski definition) is 0. The summed E-state index contributed by atoms with van der Waals surface area (Å²) in [6.07, 6.45) is -3.15. The Bertz CT molecular complexity index is 1740. The van der Waals surface area contributed by atoms with Crippen LogP contribution in [0.15, 0.2) is 70.9 Å². The Morgan fingerprint density at radius 2 is 1.81 bits per heavy atom. The number of carbonyl (C=O) groups excluding carboxylic acids is 1. The number of para-hydroxylation sites is 1. The summed E-state index contributed by atoms with van der Waals surface area (Å²) < 4.78 is 49.4. The number of hydrogen-bond acceptors (Lipinski definition) is 7. The average Bonchev–Trinajstić information content (AvgIpc) is 3.47. The van der Waals surface area contributed by atoms with E-state index in [0.717, 1.165) is 44.9 Å². The zero-order chi connectivity index (χ0) is 29.6. The maximum atomic E-state index is 12.7. The first kappa shape index (κ1) is 27.6. The van der Waals surface area contributed by atoms with Crippen LogP contribution in [0, 0.1) is 13.8 Å². The zero-order valence-corrected chi connectivity index (χ0v) is 23.6. The second-order valence-electron chi connectivity index (χ2n) is 9.80. The van der Waals surface area contributed by atoms with Gasteiger partial charge < -0.3 is 9.47 Å². The topological polar surface area (TPSA) is 81.3 Å².